The first-order chi connectivity index (χ1) is 8.55. The van der Waals surface area contributed by atoms with Crippen molar-refractivity contribution in [2.75, 3.05) is 26.0 Å². The number of ether oxygens (including phenoxy) is 1. The fourth-order valence-electron chi connectivity index (χ4n) is 2.05. The van der Waals surface area contributed by atoms with E-state index >= 15 is 0 Å². The molecule has 1 fully saturated rings. The number of piperidine rings is 1. The lowest BCUT2D eigenvalue weighted by Crippen LogP contribution is -2.30. The average molecular weight is 269 g/mol. The van der Waals surface area contributed by atoms with Crippen LogP contribution in [0.25, 0.3) is 0 Å². The molecule has 100 valence electrons. The average Bonchev–Trinajstić information content (AvgIpc) is 2.37. The predicted molar refractivity (Wildman–Crippen MR) is 70.6 cm³/mol. The first kappa shape index (κ1) is 13.4. The number of nitrogens with one attached hydrogen (secondary N) is 1. The summed E-state index contributed by atoms with van der Waals surface area (Å²) in [5, 5.41) is 3.31. The van der Waals surface area contributed by atoms with Gasteiger partial charge in [0.25, 0.3) is 0 Å². The second-order valence-electron chi connectivity index (χ2n) is 4.75. The maximum Gasteiger partial charge on any atom is 0.175 e. The third-order valence-electron chi connectivity index (χ3n) is 3.20. The molecule has 18 heavy (non-hydrogen) atoms. The van der Waals surface area contributed by atoms with Gasteiger partial charge in [-0.2, -0.15) is 0 Å². The van der Waals surface area contributed by atoms with E-state index in [0.717, 1.165) is 31.7 Å². The van der Waals surface area contributed by atoms with Gasteiger partial charge in [-0.1, -0.05) is 0 Å². The monoisotopic (exact) mass is 269 g/mol. The second kappa shape index (κ2) is 5.71. The molecule has 0 radical (unpaired) electrons. The molecular weight excluding hydrogens is 250 g/mol. The highest BCUT2D eigenvalue weighted by molar-refractivity contribution is 7.90. The van der Waals surface area contributed by atoms with Gasteiger partial charge in [0.2, 0.25) is 0 Å². The molecule has 1 aliphatic heterocycles. The molecule has 0 aromatic heterocycles. The molecule has 5 heteroatoms. The van der Waals surface area contributed by atoms with Crippen LogP contribution in [0.15, 0.2) is 29.2 Å². The van der Waals surface area contributed by atoms with Gasteiger partial charge in [0.15, 0.2) is 9.84 Å². The molecule has 0 saturated carbocycles. The molecule has 0 atom stereocenters. The van der Waals surface area contributed by atoms with Crippen LogP contribution in [0.3, 0.4) is 0 Å². The van der Waals surface area contributed by atoms with Crippen LogP contribution >= 0.6 is 0 Å². The van der Waals surface area contributed by atoms with Crippen LogP contribution in [-0.4, -0.2) is 34.4 Å². The predicted octanol–water partition coefficient (Wildman–Crippen LogP) is 1.47. The molecule has 1 saturated heterocycles. The highest BCUT2D eigenvalue weighted by atomic mass is 32.2. The second-order valence-corrected chi connectivity index (χ2v) is 6.76. The van der Waals surface area contributed by atoms with E-state index in [1.807, 2.05) is 0 Å². The third-order valence-corrected chi connectivity index (χ3v) is 4.32. The summed E-state index contributed by atoms with van der Waals surface area (Å²) >= 11 is 0. The fourth-order valence-corrected chi connectivity index (χ4v) is 2.68. The Bertz CT molecular complexity index is 475. The Hall–Kier alpha value is -1.07. The fraction of sp³-hybridized carbons (Fsp3) is 0.538. The summed E-state index contributed by atoms with van der Waals surface area (Å²) in [5.41, 5.74) is 0. The molecule has 0 spiro atoms. The maximum absolute atomic E-state index is 11.3. The summed E-state index contributed by atoms with van der Waals surface area (Å²) < 4.78 is 28.3. The largest absolute Gasteiger partial charge is 0.493 e. The van der Waals surface area contributed by atoms with Crippen LogP contribution < -0.4 is 10.1 Å². The Morgan fingerprint density at radius 2 is 1.83 bits per heavy atom. The van der Waals surface area contributed by atoms with Crippen molar-refractivity contribution in [1.29, 1.82) is 0 Å². The molecule has 1 aromatic rings. The molecule has 1 heterocycles. The summed E-state index contributed by atoms with van der Waals surface area (Å²) in [6.45, 7) is 2.82. The van der Waals surface area contributed by atoms with Gasteiger partial charge in [0.05, 0.1) is 11.5 Å². The molecule has 1 N–H and O–H groups in total. The van der Waals surface area contributed by atoms with Crippen LogP contribution in [-0.2, 0) is 9.84 Å². The Morgan fingerprint density at radius 3 is 2.39 bits per heavy atom. The van der Waals surface area contributed by atoms with E-state index in [-0.39, 0.29) is 0 Å². The van der Waals surface area contributed by atoms with Gasteiger partial charge in [-0.05, 0) is 56.1 Å². The Labute approximate surface area is 108 Å². The van der Waals surface area contributed by atoms with Crippen LogP contribution in [0.5, 0.6) is 5.75 Å². The zero-order valence-corrected chi connectivity index (χ0v) is 11.4. The summed E-state index contributed by atoms with van der Waals surface area (Å²) in [4.78, 5) is 0.330. The Morgan fingerprint density at radius 1 is 1.22 bits per heavy atom. The minimum Gasteiger partial charge on any atom is -0.493 e. The lowest BCUT2D eigenvalue weighted by molar-refractivity contribution is 0.215. The third kappa shape index (κ3) is 3.71. The number of hydrogen-bond donors (Lipinski definition) is 1. The summed E-state index contributed by atoms with van der Waals surface area (Å²) in [7, 11) is -3.12. The molecule has 0 unspecified atom stereocenters. The molecule has 0 aliphatic carbocycles. The van der Waals surface area contributed by atoms with Crippen molar-refractivity contribution >= 4 is 9.84 Å². The molecule has 4 nitrogen and oxygen atoms in total. The summed E-state index contributed by atoms with van der Waals surface area (Å²) in [6.07, 6.45) is 3.49. The molecule has 2 rings (SSSR count). The van der Waals surface area contributed by atoms with E-state index in [2.05, 4.69) is 5.32 Å². The Balaban J connectivity index is 1.90. The number of benzene rings is 1. The Kier molecular flexibility index (Phi) is 4.24. The SMILES string of the molecule is CS(=O)(=O)c1ccc(OCC2CCNCC2)cc1. The van der Waals surface area contributed by atoms with Crippen LogP contribution in [0, 0.1) is 5.92 Å². The van der Waals surface area contributed by atoms with Crippen LogP contribution in [0.2, 0.25) is 0 Å². The first-order valence-corrected chi connectivity index (χ1v) is 8.08. The van der Waals surface area contributed by atoms with Crippen molar-refractivity contribution < 1.29 is 13.2 Å². The quantitative estimate of drug-likeness (QED) is 0.899. The number of sulfone groups is 1. The van der Waals surface area contributed by atoms with E-state index < -0.39 is 9.84 Å². The first-order valence-electron chi connectivity index (χ1n) is 6.19. The highest BCUT2D eigenvalue weighted by Gasteiger charge is 2.13. The molecule has 0 amide bonds. The van der Waals surface area contributed by atoms with Crippen molar-refractivity contribution in [3.8, 4) is 5.75 Å². The normalized spacial score (nSPS) is 17.6. The summed E-state index contributed by atoms with van der Waals surface area (Å²) in [5.74, 6) is 1.33. The van der Waals surface area contributed by atoms with E-state index in [4.69, 9.17) is 4.74 Å². The smallest absolute Gasteiger partial charge is 0.175 e. The van der Waals surface area contributed by atoms with Gasteiger partial charge in [0.1, 0.15) is 5.75 Å². The van der Waals surface area contributed by atoms with Crippen molar-refractivity contribution in [1.82, 2.24) is 5.32 Å². The summed E-state index contributed by atoms with van der Waals surface area (Å²) in [6, 6.07) is 6.62. The zero-order chi connectivity index (χ0) is 13.0. The van der Waals surface area contributed by atoms with Gasteiger partial charge in [-0.25, -0.2) is 8.42 Å². The van der Waals surface area contributed by atoms with Crippen molar-refractivity contribution in [2.45, 2.75) is 17.7 Å². The van der Waals surface area contributed by atoms with Gasteiger partial charge < -0.3 is 10.1 Å². The van der Waals surface area contributed by atoms with Gasteiger partial charge in [0, 0.05) is 6.26 Å². The molecule has 0 bridgehead atoms. The lowest BCUT2D eigenvalue weighted by Gasteiger charge is -2.22. The minimum absolute atomic E-state index is 0.330. The van der Waals surface area contributed by atoms with Gasteiger partial charge in [-0.15, -0.1) is 0 Å². The molecule has 1 aromatic carbocycles. The van der Waals surface area contributed by atoms with E-state index in [0.29, 0.717) is 17.4 Å². The van der Waals surface area contributed by atoms with E-state index in [1.165, 1.54) is 6.26 Å². The van der Waals surface area contributed by atoms with Crippen LogP contribution in [0.4, 0.5) is 0 Å². The van der Waals surface area contributed by atoms with Crippen molar-refractivity contribution in [3.05, 3.63) is 24.3 Å². The van der Waals surface area contributed by atoms with Gasteiger partial charge >= 0.3 is 0 Å². The minimum atomic E-state index is -3.12. The van der Waals surface area contributed by atoms with E-state index in [9.17, 15) is 8.42 Å². The van der Waals surface area contributed by atoms with Crippen LogP contribution in [0.1, 0.15) is 12.8 Å². The van der Waals surface area contributed by atoms with Crippen molar-refractivity contribution in [3.63, 3.8) is 0 Å². The topological polar surface area (TPSA) is 55.4 Å². The molecule has 1 aliphatic rings. The number of rotatable bonds is 4. The zero-order valence-electron chi connectivity index (χ0n) is 10.6. The lowest BCUT2D eigenvalue weighted by atomic mass is 9.99. The maximum atomic E-state index is 11.3. The number of hydrogen-bond acceptors (Lipinski definition) is 4. The molecular formula is C13H19NO3S. The highest BCUT2D eigenvalue weighted by Crippen LogP contribution is 2.18. The van der Waals surface area contributed by atoms with E-state index in [1.54, 1.807) is 24.3 Å². The standard InChI is InChI=1S/C13H19NO3S/c1-18(15,16)13-4-2-12(3-5-13)17-10-11-6-8-14-9-7-11/h2-5,11,14H,6-10H2,1H3. The van der Waals surface area contributed by atoms with Crippen molar-refractivity contribution in [2.24, 2.45) is 5.92 Å². The van der Waals surface area contributed by atoms with Gasteiger partial charge in [-0.3, -0.25) is 0 Å².